The Morgan fingerprint density at radius 3 is 2.81 bits per heavy atom. The maximum atomic E-state index is 12.0. The number of benzene rings is 1. The molecule has 1 amide bonds. The van der Waals surface area contributed by atoms with E-state index in [4.69, 9.17) is 10.9 Å². The lowest BCUT2D eigenvalue weighted by atomic mass is 9.86. The molecule has 5 heteroatoms. The van der Waals surface area contributed by atoms with Crippen LogP contribution in [0.15, 0.2) is 29.4 Å². The van der Waals surface area contributed by atoms with E-state index in [1.807, 2.05) is 0 Å². The molecule has 2 rings (SSSR count). The van der Waals surface area contributed by atoms with E-state index in [1.54, 1.807) is 24.3 Å². The molecule has 1 aromatic carbocycles. The molecular formula is C16H23N3O2. The summed E-state index contributed by atoms with van der Waals surface area (Å²) in [5.74, 6) is 0.763. The number of oxime groups is 1. The van der Waals surface area contributed by atoms with E-state index in [9.17, 15) is 4.79 Å². The van der Waals surface area contributed by atoms with Crippen molar-refractivity contribution in [3.05, 3.63) is 29.8 Å². The lowest BCUT2D eigenvalue weighted by Crippen LogP contribution is -2.16. The number of hydrogen-bond acceptors (Lipinski definition) is 3. The van der Waals surface area contributed by atoms with Crippen molar-refractivity contribution < 1.29 is 10.0 Å². The summed E-state index contributed by atoms with van der Waals surface area (Å²) < 4.78 is 0. The maximum absolute atomic E-state index is 12.0. The number of hydrogen-bond donors (Lipinski definition) is 3. The zero-order chi connectivity index (χ0) is 15.1. The van der Waals surface area contributed by atoms with Crippen LogP contribution < -0.4 is 11.1 Å². The predicted molar refractivity (Wildman–Crippen MR) is 83.4 cm³/mol. The Kier molecular flexibility index (Phi) is 5.60. The van der Waals surface area contributed by atoms with Crippen LogP contribution in [0.5, 0.6) is 0 Å². The van der Waals surface area contributed by atoms with Crippen LogP contribution in [0.4, 0.5) is 5.69 Å². The second-order valence-electron chi connectivity index (χ2n) is 5.66. The molecule has 0 radical (unpaired) electrons. The number of carbonyl (C=O) groups excluding carboxylic acids is 1. The van der Waals surface area contributed by atoms with Gasteiger partial charge in [0.15, 0.2) is 5.84 Å². The summed E-state index contributed by atoms with van der Waals surface area (Å²) in [7, 11) is 0. The molecule has 0 atom stereocenters. The molecule has 114 valence electrons. The van der Waals surface area contributed by atoms with Gasteiger partial charge in [0.05, 0.1) is 0 Å². The fourth-order valence-electron chi connectivity index (χ4n) is 2.85. The number of anilines is 1. The first-order valence-corrected chi connectivity index (χ1v) is 7.57. The quantitative estimate of drug-likeness (QED) is 0.337. The van der Waals surface area contributed by atoms with Gasteiger partial charge < -0.3 is 16.3 Å². The van der Waals surface area contributed by atoms with Crippen LogP contribution in [0.1, 0.15) is 50.5 Å². The van der Waals surface area contributed by atoms with Gasteiger partial charge in [0.2, 0.25) is 5.91 Å². The molecule has 1 aliphatic rings. The molecular weight excluding hydrogens is 266 g/mol. The number of amides is 1. The smallest absolute Gasteiger partial charge is 0.224 e. The molecule has 0 saturated heterocycles. The van der Waals surface area contributed by atoms with Crippen molar-refractivity contribution in [3.8, 4) is 0 Å². The molecule has 0 spiro atoms. The van der Waals surface area contributed by atoms with Crippen molar-refractivity contribution in [1.29, 1.82) is 0 Å². The lowest BCUT2D eigenvalue weighted by Gasteiger charge is -2.21. The molecule has 0 aromatic heterocycles. The highest BCUT2D eigenvalue weighted by molar-refractivity contribution is 5.99. The molecule has 1 aromatic rings. The van der Waals surface area contributed by atoms with E-state index in [0.717, 1.165) is 6.42 Å². The molecule has 0 unspecified atom stereocenters. The topological polar surface area (TPSA) is 87.7 Å². The predicted octanol–water partition coefficient (Wildman–Crippen LogP) is 3.08. The third-order valence-electron chi connectivity index (χ3n) is 4.05. The summed E-state index contributed by atoms with van der Waals surface area (Å²) in [6.45, 7) is 0. The van der Waals surface area contributed by atoms with Crippen molar-refractivity contribution in [2.75, 3.05) is 5.32 Å². The van der Waals surface area contributed by atoms with Crippen LogP contribution in [0, 0.1) is 5.92 Å². The summed E-state index contributed by atoms with van der Waals surface area (Å²) in [5, 5.41) is 14.5. The van der Waals surface area contributed by atoms with Gasteiger partial charge in [-0.05, 0) is 24.5 Å². The van der Waals surface area contributed by atoms with Crippen LogP contribution in [-0.4, -0.2) is 17.0 Å². The Labute approximate surface area is 125 Å². The monoisotopic (exact) mass is 289 g/mol. The Morgan fingerprint density at radius 2 is 2.10 bits per heavy atom. The molecule has 0 heterocycles. The van der Waals surface area contributed by atoms with Gasteiger partial charge in [-0.15, -0.1) is 0 Å². The van der Waals surface area contributed by atoms with Crippen molar-refractivity contribution in [3.63, 3.8) is 0 Å². The first-order valence-electron chi connectivity index (χ1n) is 7.57. The molecule has 1 saturated carbocycles. The minimum Gasteiger partial charge on any atom is -0.409 e. The van der Waals surface area contributed by atoms with E-state index < -0.39 is 0 Å². The maximum Gasteiger partial charge on any atom is 0.224 e. The van der Waals surface area contributed by atoms with Crippen LogP contribution in [0.25, 0.3) is 0 Å². The normalized spacial score (nSPS) is 16.7. The second-order valence-corrected chi connectivity index (χ2v) is 5.66. The SMILES string of the molecule is N/C(=N/O)c1cccc(NC(=O)CCC2CCCCC2)c1. The fourth-order valence-corrected chi connectivity index (χ4v) is 2.85. The zero-order valence-electron chi connectivity index (χ0n) is 12.2. The molecule has 4 N–H and O–H groups in total. The highest BCUT2D eigenvalue weighted by atomic mass is 16.4. The Morgan fingerprint density at radius 1 is 1.33 bits per heavy atom. The van der Waals surface area contributed by atoms with Gasteiger partial charge in [0, 0.05) is 17.7 Å². The van der Waals surface area contributed by atoms with E-state index in [-0.39, 0.29) is 11.7 Å². The number of nitrogens with one attached hydrogen (secondary N) is 1. The summed E-state index contributed by atoms with van der Waals surface area (Å²) in [6.07, 6.45) is 7.97. The standard InChI is InChI=1S/C16H23N3O2/c17-16(19-21)13-7-4-8-14(11-13)18-15(20)10-9-12-5-2-1-3-6-12/h4,7-8,11-12,21H,1-3,5-6,9-10H2,(H2,17,19)(H,18,20). The summed E-state index contributed by atoms with van der Waals surface area (Å²) in [4.78, 5) is 12.0. The lowest BCUT2D eigenvalue weighted by molar-refractivity contribution is -0.116. The van der Waals surface area contributed by atoms with Crippen LogP contribution in [-0.2, 0) is 4.79 Å². The first kappa shape index (κ1) is 15.4. The summed E-state index contributed by atoms with van der Waals surface area (Å²) in [6, 6.07) is 7.00. The second kappa shape index (κ2) is 7.67. The fraction of sp³-hybridized carbons (Fsp3) is 0.500. The number of carbonyl (C=O) groups is 1. The van der Waals surface area contributed by atoms with Crippen LogP contribution >= 0.6 is 0 Å². The van der Waals surface area contributed by atoms with Gasteiger partial charge in [-0.25, -0.2) is 0 Å². The van der Waals surface area contributed by atoms with Crippen LogP contribution in [0.2, 0.25) is 0 Å². The largest absolute Gasteiger partial charge is 0.409 e. The van der Waals surface area contributed by atoms with Gasteiger partial charge in [-0.2, -0.15) is 0 Å². The van der Waals surface area contributed by atoms with Crippen molar-refractivity contribution >= 4 is 17.4 Å². The number of rotatable bonds is 5. The Hall–Kier alpha value is -2.04. The third kappa shape index (κ3) is 4.77. The minimum atomic E-state index is 0.0252. The summed E-state index contributed by atoms with van der Waals surface area (Å²) >= 11 is 0. The Bertz CT molecular complexity index is 508. The molecule has 0 bridgehead atoms. The highest BCUT2D eigenvalue weighted by Gasteiger charge is 2.15. The molecule has 21 heavy (non-hydrogen) atoms. The Balaban J connectivity index is 1.84. The minimum absolute atomic E-state index is 0.0252. The van der Waals surface area contributed by atoms with Gasteiger partial charge in [0.1, 0.15) is 0 Å². The van der Waals surface area contributed by atoms with E-state index in [1.165, 1.54) is 32.1 Å². The van der Waals surface area contributed by atoms with Gasteiger partial charge >= 0.3 is 0 Å². The average molecular weight is 289 g/mol. The van der Waals surface area contributed by atoms with E-state index in [2.05, 4.69) is 10.5 Å². The number of amidine groups is 1. The third-order valence-corrected chi connectivity index (χ3v) is 4.05. The van der Waals surface area contributed by atoms with Crippen molar-refractivity contribution in [1.82, 2.24) is 0 Å². The highest BCUT2D eigenvalue weighted by Crippen LogP contribution is 2.27. The molecule has 5 nitrogen and oxygen atoms in total. The van der Waals surface area contributed by atoms with Gasteiger partial charge in [-0.3, -0.25) is 4.79 Å². The van der Waals surface area contributed by atoms with Gasteiger partial charge in [-0.1, -0.05) is 49.4 Å². The first-order chi connectivity index (χ1) is 10.2. The van der Waals surface area contributed by atoms with Crippen LogP contribution in [0.3, 0.4) is 0 Å². The average Bonchev–Trinajstić information content (AvgIpc) is 2.53. The van der Waals surface area contributed by atoms with Crippen molar-refractivity contribution in [2.45, 2.75) is 44.9 Å². The number of nitrogens with zero attached hydrogens (tertiary/aromatic N) is 1. The molecule has 0 aliphatic heterocycles. The van der Waals surface area contributed by atoms with Gasteiger partial charge in [0.25, 0.3) is 0 Å². The van der Waals surface area contributed by atoms with E-state index in [0.29, 0.717) is 23.6 Å². The van der Waals surface area contributed by atoms with E-state index >= 15 is 0 Å². The van der Waals surface area contributed by atoms with Crippen molar-refractivity contribution in [2.24, 2.45) is 16.8 Å². The molecule has 1 fully saturated rings. The summed E-state index contributed by atoms with van der Waals surface area (Å²) in [5.41, 5.74) is 6.80. The molecule has 1 aliphatic carbocycles. The zero-order valence-corrected chi connectivity index (χ0v) is 12.2. The number of nitrogens with two attached hydrogens (primary N) is 1.